The number of hydrogen-bond acceptors (Lipinski definition) is 3. The number of nitrogens with one attached hydrogen (secondary N) is 1. The molecule has 1 N–H and O–H groups in total. The summed E-state index contributed by atoms with van der Waals surface area (Å²) in [5.74, 6) is 0. The largest absolute Gasteiger partial charge is 0.316 e. The zero-order chi connectivity index (χ0) is 10.7. The highest BCUT2D eigenvalue weighted by molar-refractivity contribution is 7.13. The summed E-state index contributed by atoms with van der Waals surface area (Å²) in [6, 6.07) is 8.39. The van der Waals surface area contributed by atoms with Gasteiger partial charge in [-0.05, 0) is 37.0 Å². The molecule has 0 radical (unpaired) electrons. The third kappa shape index (κ3) is 2.25. The van der Waals surface area contributed by atoms with Crippen molar-refractivity contribution in [3.8, 4) is 10.6 Å². The Morgan fingerprint density at radius 2 is 2.20 bits per heavy atom. The second-order valence-corrected chi connectivity index (χ2v) is 4.40. The Bertz CT molecular complexity index is 435. The second kappa shape index (κ2) is 4.55. The lowest BCUT2D eigenvalue weighted by Crippen LogP contribution is -2.07. The first-order chi connectivity index (χ1) is 7.31. The molecular weight excluding hydrogens is 204 g/mol. The van der Waals surface area contributed by atoms with Crippen LogP contribution in [-0.4, -0.2) is 12.0 Å². The average molecular weight is 218 g/mol. The quantitative estimate of drug-likeness (QED) is 0.857. The van der Waals surface area contributed by atoms with Gasteiger partial charge in [0.2, 0.25) is 0 Å². The van der Waals surface area contributed by atoms with Crippen molar-refractivity contribution in [2.45, 2.75) is 13.5 Å². The SMILES string of the molecule is CNCc1ccc(-c2cccs2)nc1C. The number of thiophene rings is 1. The fraction of sp³-hybridized carbons (Fsp3) is 0.250. The van der Waals surface area contributed by atoms with Crippen molar-refractivity contribution in [1.82, 2.24) is 10.3 Å². The van der Waals surface area contributed by atoms with Crippen molar-refractivity contribution in [2.24, 2.45) is 0 Å². The standard InChI is InChI=1S/C12H14N2S/c1-9-10(8-13-2)5-6-11(14-9)12-4-3-7-15-12/h3-7,13H,8H2,1-2H3. The molecule has 0 aliphatic carbocycles. The van der Waals surface area contributed by atoms with E-state index in [-0.39, 0.29) is 0 Å². The molecule has 78 valence electrons. The van der Waals surface area contributed by atoms with E-state index in [9.17, 15) is 0 Å². The molecule has 0 unspecified atom stereocenters. The first-order valence-electron chi connectivity index (χ1n) is 4.96. The minimum absolute atomic E-state index is 0.879. The van der Waals surface area contributed by atoms with Gasteiger partial charge in [0.25, 0.3) is 0 Å². The third-order valence-corrected chi connectivity index (χ3v) is 3.23. The molecule has 0 aromatic carbocycles. The van der Waals surface area contributed by atoms with Gasteiger partial charge in [-0.25, -0.2) is 0 Å². The van der Waals surface area contributed by atoms with Gasteiger partial charge in [0.1, 0.15) is 0 Å². The molecule has 2 nitrogen and oxygen atoms in total. The summed E-state index contributed by atoms with van der Waals surface area (Å²) in [6.45, 7) is 2.94. The van der Waals surface area contributed by atoms with Crippen molar-refractivity contribution >= 4 is 11.3 Å². The van der Waals surface area contributed by atoms with Crippen LogP contribution in [0, 0.1) is 6.92 Å². The van der Waals surface area contributed by atoms with Gasteiger partial charge in [-0.2, -0.15) is 0 Å². The monoisotopic (exact) mass is 218 g/mol. The predicted octanol–water partition coefficient (Wildman–Crippen LogP) is 2.84. The molecule has 15 heavy (non-hydrogen) atoms. The van der Waals surface area contributed by atoms with E-state index in [2.05, 4.69) is 46.9 Å². The minimum atomic E-state index is 0.879. The molecule has 2 heterocycles. The second-order valence-electron chi connectivity index (χ2n) is 3.45. The van der Waals surface area contributed by atoms with Gasteiger partial charge in [-0.3, -0.25) is 4.98 Å². The molecule has 0 bridgehead atoms. The number of rotatable bonds is 3. The van der Waals surface area contributed by atoms with Crippen molar-refractivity contribution in [3.63, 3.8) is 0 Å². The van der Waals surface area contributed by atoms with Crippen LogP contribution in [0.2, 0.25) is 0 Å². The van der Waals surface area contributed by atoms with Gasteiger partial charge in [0, 0.05) is 12.2 Å². The van der Waals surface area contributed by atoms with E-state index in [0.717, 1.165) is 17.9 Å². The molecule has 0 saturated carbocycles. The van der Waals surface area contributed by atoms with Crippen LogP contribution in [0.1, 0.15) is 11.3 Å². The Labute approximate surface area is 94.0 Å². The lowest BCUT2D eigenvalue weighted by molar-refractivity contribution is 0.805. The molecule has 2 rings (SSSR count). The summed E-state index contributed by atoms with van der Waals surface area (Å²) in [7, 11) is 1.95. The zero-order valence-electron chi connectivity index (χ0n) is 8.95. The minimum Gasteiger partial charge on any atom is -0.316 e. The molecule has 0 atom stereocenters. The van der Waals surface area contributed by atoms with Gasteiger partial charge in [0.15, 0.2) is 0 Å². The van der Waals surface area contributed by atoms with E-state index in [4.69, 9.17) is 0 Å². The molecule has 3 heteroatoms. The van der Waals surface area contributed by atoms with E-state index in [1.54, 1.807) is 11.3 Å². The van der Waals surface area contributed by atoms with Crippen LogP contribution in [0.15, 0.2) is 29.6 Å². The highest BCUT2D eigenvalue weighted by Crippen LogP contribution is 2.23. The maximum Gasteiger partial charge on any atom is 0.0805 e. The summed E-state index contributed by atoms with van der Waals surface area (Å²) in [5, 5.41) is 5.22. The molecule has 0 amide bonds. The Balaban J connectivity index is 2.33. The van der Waals surface area contributed by atoms with Crippen LogP contribution >= 0.6 is 11.3 Å². The van der Waals surface area contributed by atoms with Crippen LogP contribution in [0.25, 0.3) is 10.6 Å². The normalized spacial score (nSPS) is 10.5. The van der Waals surface area contributed by atoms with Crippen molar-refractivity contribution in [3.05, 3.63) is 40.9 Å². The molecule has 0 spiro atoms. The molecular formula is C12H14N2S. The van der Waals surface area contributed by atoms with Crippen molar-refractivity contribution < 1.29 is 0 Å². The first-order valence-corrected chi connectivity index (χ1v) is 5.84. The van der Waals surface area contributed by atoms with E-state index in [1.165, 1.54) is 10.4 Å². The Morgan fingerprint density at radius 1 is 1.33 bits per heavy atom. The molecule has 2 aromatic rings. The number of hydrogen-bond donors (Lipinski definition) is 1. The number of nitrogens with zero attached hydrogens (tertiary/aromatic N) is 1. The van der Waals surface area contributed by atoms with Gasteiger partial charge in [-0.15, -0.1) is 11.3 Å². The fourth-order valence-electron chi connectivity index (χ4n) is 1.53. The van der Waals surface area contributed by atoms with E-state index in [0.29, 0.717) is 0 Å². The van der Waals surface area contributed by atoms with Crippen LogP contribution in [0.4, 0.5) is 0 Å². The van der Waals surface area contributed by atoms with Crippen LogP contribution in [-0.2, 0) is 6.54 Å². The highest BCUT2D eigenvalue weighted by atomic mass is 32.1. The summed E-state index contributed by atoms with van der Waals surface area (Å²) >= 11 is 1.73. The lowest BCUT2D eigenvalue weighted by Gasteiger charge is -2.05. The fourth-order valence-corrected chi connectivity index (χ4v) is 2.22. The lowest BCUT2D eigenvalue weighted by atomic mass is 10.1. The van der Waals surface area contributed by atoms with Gasteiger partial charge in [0.05, 0.1) is 10.6 Å². The average Bonchev–Trinajstić information content (AvgIpc) is 2.74. The molecule has 2 aromatic heterocycles. The Hall–Kier alpha value is -1.19. The molecule has 0 fully saturated rings. The highest BCUT2D eigenvalue weighted by Gasteiger charge is 2.03. The van der Waals surface area contributed by atoms with Gasteiger partial charge >= 0.3 is 0 Å². The summed E-state index contributed by atoms with van der Waals surface area (Å²) in [4.78, 5) is 5.84. The van der Waals surface area contributed by atoms with Crippen molar-refractivity contribution in [1.29, 1.82) is 0 Å². The summed E-state index contributed by atoms with van der Waals surface area (Å²) < 4.78 is 0. The maximum atomic E-state index is 4.60. The topological polar surface area (TPSA) is 24.9 Å². The molecule has 0 aliphatic rings. The Kier molecular flexibility index (Phi) is 3.14. The van der Waals surface area contributed by atoms with Gasteiger partial charge in [-0.1, -0.05) is 12.1 Å². The van der Waals surface area contributed by atoms with Crippen LogP contribution < -0.4 is 5.32 Å². The zero-order valence-corrected chi connectivity index (χ0v) is 9.77. The summed E-state index contributed by atoms with van der Waals surface area (Å²) in [5.41, 5.74) is 3.44. The van der Waals surface area contributed by atoms with Crippen LogP contribution in [0.3, 0.4) is 0 Å². The summed E-state index contributed by atoms with van der Waals surface area (Å²) in [6.07, 6.45) is 0. The first kappa shape index (κ1) is 10.3. The van der Waals surface area contributed by atoms with Crippen LogP contribution in [0.5, 0.6) is 0 Å². The van der Waals surface area contributed by atoms with E-state index >= 15 is 0 Å². The van der Waals surface area contributed by atoms with E-state index in [1.807, 2.05) is 7.05 Å². The maximum absolute atomic E-state index is 4.60. The van der Waals surface area contributed by atoms with Crippen molar-refractivity contribution in [2.75, 3.05) is 7.05 Å². The third-order valence-electron chi connectivity index (χ3n) is 2.34. The number of aryl methyl sites for hydroxylation is 1. The number of pyridine rings is 1. The number of aromatic nitrogens is 1. The molecule has 0 saturated heterocycles. The van der Waals surface area contributed by atoms with Gasteiger partial charge < -0.3 is 5.32 Å². The Morgan fingerprint density at radius 3 is 2.80 bits per heavy atom. The van der Waals surface area contributed by atoms with E-state index < -0.39 is 0 Å². The smallest absolute Gasteiger partial charge is 0.0805 e. The predicted molar refractivity (Wildman–Crippen MR) is 65.1 cm³/mol. The molecule has 0 aliphatic heterocycles.